The van der Waals surface area contributed by atoms with Crippen LogP contribution < -0.4 is 5.32 Å². The van der Waals surface area contributed by atoms with Crippen molar-refractivity contribution in [2.45, 2.75) is 18.7 Å². The van der Waals surface area contributed by atoms with Gasteiger partial charge in [-0.25, -0.2) is 4.98 Å². The van der Waals surface area contributed by atoms with Gasteiger partial charge in [0.15, 0.2) is 5.82 Å². The molecule has 110 valence electrons. The summed E-state index contributed by atoms with van der Waals surface area (Å²) in [5.74, 6) is 0.468. The summed E-state index contributed by atoms with van der Waals surface area (Å²) in [4.78, 5) is 17.1. The molecule has 6 heteroatoms. The number of amides is 1. The normalized spacial score (nSPS) is 10.5. The van der Waals surface area contributed by atoms with Crippen LogP contribution in [0.2, 0.25) is 10.0 Å². The van der Waals surface area contributed by atoms with Gasteiger partial charge < -0.3 is 5.32 Å². The Labute approximate surface area is 138 Å². The Morgan fingerprint density at radius 2 is 2.05 bits per heavy atom. The van der Waals surface area contributed by atoms with E-state index >= 15 is 0 Å². The lowest BCUT2D eigenvalue weighted by Gasteiger charge is -2.08. The number of carbonyl (C=O) groups is 1. The van der Waals surface area contributed by atoms with Gasteiger partial charge in [-0.05, 0) is 31.5 Å². The standard InChI is InChI=1S/C15H14Cl2N2OS/c1-9-3-4-10(2)13(5-9)21-8-14(20)19-15-12(17)6-11(16)7-18-15/h3-7H,8H2,1-2H3,(H,18,19,20). The van der Waals surface area contributed by atoms with Gasteiger partial charge in [-0.3, -0.25) is 4.79 Å². The van der Waals surface area contributed by atoms with Gasteiger partial charge in [0.1, 0.15) is 0 Å². The Bertz CT molecular complexity index is 677. The number of carbonyl (C=O) groups excluding carboxylic acids is 1. The van der Waals surface area contributed by atoms with Gasteiger partial charge >= 0.3 is 0 Å². The van der Waals surface area contributed by atoms with E-state index in [0.29, 0.717) is 21.6 Å². The highest BCUT2D eigenvalue weighted by Gasteiger charge is 2.09. The third kappa shape index (κ3) is 4.63. The number of aryl methyl sites for hydroxylation is 2. The van der Waals surface area contributed by atoms with Crippen LogP contribution in [0, 0.1) is 13.8 Å². The van der Waals surface area contributed by atoms with E-state index < -0.39 is 0 Å². The molecule has 1 amide bonds. The Kier molecular flexibility index (Phi) is 5.51. The van der Waals surface area contributed by atoms with E-state index in [1.165, 1.54) is 23.5 Å². The number of rotatable bonds is 4. The molecule has 0 bridgehead atoms. The van der Waals surface area contributed by atoms with E-state index in [4.69, 9.17) is 23.2 Å². The smallest absolute Gasteiger partial charge is 0.235 e. The van der Waals surface area contributed by atoms with Gasteiger partial charge in [0.2, 0.25) is 5.91 Å². The maximum absolute atomic E-state index is 12.0. The number of hydrogen-bond donors (Lipinski definition) is 1. The molecule has 1 heterocycles. The van der Waals surface area contributed by atoms with Crippen LogP contribution in [-0.4, -0.2) is 16.6 Å². The molecule has 0 unspecified atom stereocenters. The summed E-state index contributed by atoms with van der Waals surface area (Å²) in [6.07, 6.45) is 1.45. The number of nitrogens with zero attached hydrogens (tertiary/aromatic N) is 1. The summed E-state index contributed by atoms with van der Waals surface area (Å²) >= 11 is 13.2. The van der Waals surface area contributed by atoms with Crippen molar-refractivity contribution < 1.29 is 4.79 Å². The second-order valence-electron chi connectivity index (χ2n) is 4.59. The molecule has 0 fully saturated rings. The summed E-state index contributed by atoms with van der Waals surface area (Å²) in [7, 11) is 0. The van der Waals surface area contributed by atoms with Crippen LogP contribution >= 0.6 is 35.0 Å². The third-order valence-electron chi connectivity index (χ3n) is 2.77. The summed E-state index contributed by atoms with van der Waals surface area (Å²) in [6, 6.07) is 7.72. The van der Waals surface area contributed by atoms with Crippen LogP contribution in [0.15, 0.2) is 35.4 Å². The van der Waals surface area contributed by atoms with Crippen molar-refractivity contribution in [3.05, 3.63) is 51.6 Å². The number of nitrogens with one attached hydrogen (secondary N) is 1. The molecular formula is C15H14Cl2N2OS. The Morgan fingerprint density at radius 3 is 2.76 bits per heavy atom. The first kappa shape index (κ1) is 16.1. The molecule has 0 aliphatic carbocycles. The number of hydrogen-bond acceptors (Lipinski definition) is 3. The molecule has 3 nitrogen and oxygen atoms in total. The van der Waals surface area contributed by atoms with Crippen LogP contribution in [0.1, 0.15) is 11.1 Å². The fraction of sp³-hybridized carbons (Fsp3) is 0.200. The van der Waals surface area contributed by atoms with E-state index in [9.17, 15) is 4.79 Å². The number of benzene rings is 1. The average molecular weight is 341 g/mol. The van der Waals surface area contributed by atoms with E-state index in [-0.39, 0.29) is 5.91 Å². The molecular weight excluding hydrogens is 327 g/mol. The lowest BCUT2D eigenvalue weighted by molar-refractivity contribution is -0.113. The lowest BCUT2D eigenvalue weighted by Crippen LogP contribution is -2.15. The topological polar surface area (TPSA) is 42.0 Å². The first-order valence-corrected chi connectivity index (χ1v) is 8.01. The molecule has 1 aromatic carbocycles. The summed E-state index contributed by atoms with van der Waals surface area (Å²) in [5, 5.41) is 3.44. The predicted molar refractivity (Wildman–Crippen MR) is 89.5 cm³/mol. The van der Waals surface area contributed by atoms with Crippen LogP contribution in [0.4, 0.5) is 5.82 Å². The van der Waals surface area contributed by atoms with Crippen molar-refractivity contribution in [1.82, 2.24) is 4.98 Å². The molecule has 0 aliphatic rings. The average Bonchev–Trinajstić information content (AvgIpc) is 2.43. The van der Waals surface area contributed by atoms with Crippen molar-refractivity contribution in [2.75, 3.05) is 11.1 Å². The van der Waals surface area contributed by atoms with Crippen molar-refractivity contribution in [2.24, 2.45) is 0 Å². The fourth-order valence-corrected chi connectivity index (χ4v) is 3.03. The molecule has 1 aromatic heterocycles. The molecule has 0 atom stereocenters. The minimum Gasteiger partial charge on any atom is -0.309 e. The summed E-state index contributed by atoms with van der Waals surface area (Å²) < 4.78 is 0. The number of anilines is 1. The zero-order valence-electron chi connectivity index (χ0n) is 11.6. The second kappa shape index (κ2) is 7.16. The van der Waals surface area contributed by atoms with E-state index in [2.05, 4.69) is 22.4 Å². The highest BCUT2D eigenvalue weighted by Crippen LogP contribution is 2.25. The summed E-state index contributed by atoms with van der Waals surface area (Å²) in [6.45, 7) is 4.05. The minimum absolute atomic E-state index is 0.155. The monoisotopic (exact) mass is 340 g/mol. The molecule has 2 aromatic rings. The van der Waals surface area contributed by atoms with Crippen molar-refractivity contribution in [3.8, 4) is 0 Å². The van der Waals surface area contributed by atoms with Crippen molar-refractivity contribution >= 4 is 46.7 Å². The fourth-order valence-electron chi connectivity index (χ4n) is 1.68. The van der Waals surface area contributed by atoms with E-state index in [0.717, 1.165) is 10.5 Å². The van der Waals surface area contributed by atoms with Crippen molar-refractivity contribution in [3.63, 3.8) is 0 Å². The zero-order valence-corrected chi connectivity index (χ0v) is 13.9. The Hall–Kier alpha value is -1.23. The number of thioether (sulfide) groups is 1. The zero-order chi connectivity index (χ0) is 15.4. The van der Waals surface area contributed by atoms with E-state index in [1.807, 2.05) is 19.9 Å². The molecule has 21 heavy (non-hydrogen) atoms. The van der Waals surface area contributed by atoms with Gasteiger partial charge in [-0.2, -0.15) is 0 Å². The maximum atomic E-state index is 12.0. The molecule has 0 saturated heterocycles. The van der Waals surface area contributed by atoms with Crippen LogP contribution in [0.5, 0.6) is 0 Å². The molecule has 0 radical (unpaired) electrons. The first-order valence-electron chi connectivity index (χ1n) is 6.26. The Balaban J connectivity index is 1.97. The number of pyridine rings is 1. The largest absolute Gasteiger partial charge is 0.309 e. The second-order valence-corrected chi connectivity index (χ2v) is 6.45. The van der Waals surface area contributed by atoms with Crippen molar-refractivity contribution in [1.29, 1.82) is 0 Å². The van der Waals surface area contributed by atoms with Gasteiger partial charge in [0.05, 0.1) is 15.8 Å². The Morgan fingerprint density at radius 1 is 1.29 bits per heavy atom. The number of aromatic nitrogens is 1. The molecule has 0 saturated carbocycles. The van der Waals surface area contributed by atoms with Crippen LogP contribution in [0.3, 0.4) is 0 Å². The summed E-state index contributed by atoms with van der Waals surface area (Å²) in [5.41, 5.74) is 2.33. The van der Waals surface area contributed by atoms with Gasteiger partial charge in [-0.1, -0.05) is 40.9 Å². The third-order valence-corrected chi connectivity index (χ3v) is 4.42. The van der Waals surface area contributed by atoms with Gasteiger partial charge in [0, 0.05) is 11.1 Å². The van der Waals surface area contributed by atoms with Crippen LogP contribution in [-0.2, 0) is 4.79 Å². The molecule has 1 N–H and O–H groups in total. The highest BCUT2D eigenvalue weighted by atomic mass is 35.5. The molecule has 2 rings (SSSR count). The quantitative estimate of drug-likeness (QED) is 0.817. The SMILES string of the molecule is Cc1ccc(C)c(SCC(=O)Nc2ncc(Cl)cc2Cl)c1. The maximum Gasteiger partial charge on any atom is 0.235 e. The number of halogens is 2. The molecule has 0 aliphatic heterocycles. The first-order chi connectivity index (χ1) is 9.95. The van der Waals surface area contributed by atoms with Gasteiger partial charge in [-0.15, -0.1) is 11.8 Å². The van der Waals surface area contributed by atoms with E-state index in [1.54, 1.807) is 6.07 Å². The minimum atomic E-state index is -0.155. The highest BCUT2D eigenvalue weighted by molar-refractivity contribution is 8.00. The lowest BCUT2D eigenvalue weighted by atomic mass is 10.2. The predicted octanol–water partition coefficient (Wildman–Crippen LogP) is 4.74. The van der Waals surface area contributed by atoms with Gasteiger partial charge in [0.25, 0.3) is 0 Å². The van der Waals surface area contributed by atoms with Crippen LogP contribution in [0.25, 0.3) is 0 Å². The molecule has 0 spiro atoms.